The number of hydrazine groups is 1. The van der Waals surface area contributed by atoms with Crippen molar-refractivity contribution >= 4 is 5.91 Å². The summed E-state index contributed by atoms with van der Waals surface area (Å²) < 4.78 is 40.2. The number of amides is 1. The van der Waals surface area contributed by atoms with Gasteiger partial charge >= 0.3 is 6.18 Å². The van der Waals surface area contributed by atoms with Crippen LogP contribution < -0.4 is 5.43 Å². The molecule has 0 aliphatic carbocycles. The van der Waals surface area contributed by atoms with Gasteiger partial charge in [-0.15, -0.1) is 0 Å². The first-order valence-electron chi connectivity index (χ1n) is 6.64. The Hall–Kier alpha value is -1.56. The third-order valence-electron chi connectivity index (χ3n) is 3.34. The Bertz CT molecular complexity index is 488. The lowest BCUT2D eigenvalue weighted by Crippen LogP contribution is -2.44. The molecule has 0 aromatic heterocycles. The summed E-state index contributed by atoms with van der Waals surface area (Å²) in [6.07, 6.45) is -2.97. The maximum Gasteiger partial charge on any atom is 0.409 e. The summed E-state index contributed by atoms with van der Waals surface area (Å²) >= 11 is 0. The van der Waals surface area contributed by atoms with E-state index < -0.39 is 12.2 Å². The number of benzene rings is 1. The van der Waals surface area contributed by atoms with Crippen molar-refractivity contribution in [1.29, 1.82) is 0 Å². The third-order valence-corrected chi connectivity index (χ3v) is 3.34. The fourth-order valence-corrected chi connectivity index (χ4v) is 2.51. The van der Waals surface area contributed by atoms with Crippen molar-refractivity contribution in [3.8, 4) is 0 Å². The number of nitrogens with one attached hydrogen (secondary N) is 1. The number of aryl methyl sites for hydroxylation is 1. The van der Waals surface area contributed by atoms with Crippen LogP contribution in [0.2, 0.25) is 0 Å². The number of hydrogen-bond donors (Lipinski definition) is 1. The van der Waals surface area contributed by atoms with Crippen LogP contribution in [-0.4, -0.2) is 23.6 Å². The van der Waals surface area contributed by atoms with Gasteiger partial charge in [0, 0.05) is 13.0 Å². The summed E-state index contributed by atoms with van der Waals surface area (Å²) in [5, 5.41) is 0.997. The van der Waals surface area contributed by atoms with Crippen LogP contribution in [0.1, 0.15) is 36.9 Å². The van der Waals surface area contributed by atoms with Crippen LogP contribution in [0.4, 0.5) is 13.2 Å². The number of nitrogens with zero attached hydrogens (tertiary/aromatic N) is 1. The van der Waals surface area contributed by atoms with Crippen molar-refractivity contribution in [3.05, 3.63) is 35.4 Å². The van der Waals surface area contributed by atoms with Crippen molar-refractivity contribution in [3.63, 3.8) is 0 Å². The molecular formula is C14H17F3N2O. The molecule has 3 nitrogen and oxygen atoms in total. The van der Waals surface area contributed by atoms with E-state index in [2.05, 4.69) is 5.43 Å². The van der Waals surface area contributed by atoms with E-state index in [0.29, 0.717) is 12.0 Å². The van der Waals surface area contributed by atoms with Gasteiger partial charge < -0.3 is 0 Å². The Morgan fingerprint density at radius 1 is 1.35 bits per heavy atom. The van der Waals surface area contributed by atoms with Gasteiger partial charge in [-0.2, -0.15) is 13.2 Å². The van der Waals surface area contributed by atoms with Gasteiger partial charge in [0.15, 0.2) is 0 Å². The Morgan fingerprint density at radius 3 is 2.60 bits per heavy atom. The van der Waals surface area contributed by atoms with Crippen molar-refractivity contribution in [2.45, 2.75) is 38.4 Å². The SMILES string of the molecule is CCCc1ccccc1C(N1CCC(=O)N1)C(F)(F)F. The monoisotopic (exact) mass is 286 g/mol. The van der Waals surface area contributed by atoms with Crippen molar-refractivity contribution in [2.75, 3.05) is 6.54 Å². The molecule has 2 rings (SSSR count). The van der Waals surface area contributed by atoms with Crippen molar-refractivity contribution in [2.24, 2.45) is 0 Å². The molecule has 1 unspecified atom stereocenters. The highest BCUT2D eigenvalue weighted by Gasteiger charge is 2.47. The second-order valence-corrected chi connectivity index (χ2v) is 4.87. The highest BCUT2D eigenvalue weighted by atomic mass is 19.4. The molecule has 1 aliphatic rings. The molecule has 1 aromatic rings. The second-order valence-electron chi connectivity index (χ2n) is 4.87. The molecule has 6 heteroatoms. The van der Waals surface area contributed by atoms with Gasteiger partial charge in [-0.3, -0.25) is 10.2 Å². The Balaban J connectivity index is 2.39. The summed E-state index contributed by atoms with van der Waals surface area (Å²) in [4.78, 5) is 11.2. The highest BCUT2D eigenvalue weighted by Crippen LogP contribution is 2.39. The summed E-state index contributed by atoms with van der Waals surface area (Å²) in [5.74, 6) is -0.368. The summed E-state index contributed by atoms with van der Waals surface area (Å²) in [6, 6.07) is 4.77. The second kappa shape index (κ2) is 5.83. The molecule has 110 valence electrons. The van der Waals surface area contributed by atoms with E-state index >= 15 is 0 Å². The average Bonchev–Trinajstić information content (AvgIpc) is 2.77. The first-order valence-corrected chi connectivity index (χ1v) is 6.64. The molecule has 0 spiro atoms. The predicted octanol–water partition coefficient (Wildman–Crippen LogP) is 2.98. The molecule has 1 aromatic carbocycles. The van der Waals surface area contributed by atoms with Gasteiger partial charge in [-0.05, 0) is 17.5 Å². The minimum absolute atomic E-state index is 0.0729. The van der Waals surface area contributed by atoms with Crippen LogP contribution >= 0.6 is 0 Å². The molecule has 1 N–H and O–H groups in total. The fourth-order valence-electron chi connectivity index (χ4n) is 2.51. The van der Waals surface area contributed by atoms with Gasteiger partial charge in [-0.1, -0.05) is 37.6 Å². The standard InChI is InChI=1S/C14H17F3N2O/c1-2-5-10-6-3-4-7-11(10)13(14(15,16)17)19-9-8-12(20)18-19/h3-4,6-7,13H,2,5,8-9H2,1H3,(H,18,20). The number of hydrogen-bond acceptors (Lipinski definition) is 2. The Kier molecular flexibility index (Phi) is 4.32. The van der Waals surface area contributed by atoms with Gasteiger partial charge in [0.2, 0.25) is 5.91 Å². The lowest BCUT2D eigenvalue weighted by atomic mass is 9.96. The molecule has 20 heavy (non-hydrogen) atoms. The molecule has 1 aliphatic heterocycles. The lowest BCUT2D eigenvalue weighted by Gasteiger charge is -2.30. The highest BCUT2D eigenvalue weighted by molar-refractivity contribution is 5.77. The number of rotatable bonds is 4. The molecule has 0 bridgehead atoms. The quantitative estimate of drug-likeness (QED) is 0.923. The minimum Gasteiger partial charge on any atom is -0.288 e. The van der Waals surface area contributed by atoms with Crippen LogP contribution in [0.5, 0.6) is 0 Å². The van der Waals surface area contributed by atoms with Crippen LogP contribution in [0.3, 0.4) is 0 Å². The molecule has 1 fully saturated rings. The molecule has 1 amide bonds. The Labute approximate surface area is 115 Å². The van der Waals surface area contributed by atoms with E-state index in [1.54, 1.807) is 18.2 Å². The first kappa shape index (κ1) is 14.8. The lowest BCUT2D eigenvalue weighted by molar-refractivity contribution is -0.191. The summed E-state index contributed by atoms with van der Waals surface area (Å²) in [6.45, 7) is 2.00. The topological polar surface area (TPSA) is 32.3 Å². The average molecular weight is 286 g/mol. The van der Waals surface area contributed by atoms with Gasteiger partial charge in [0.1, 0.15) is 6.04 Å². The molecule has 0 radical (unpaired) electrons. The molecule has 1 saturated heterocycles. The normalized spacial score (nSPS) is 18.1. The van der Waals surface area contributed by atoms with Crippen LogP contribution in [-0.2, 0) is 11.2 Å². The van der Waals surface area contributed by atoms with E-state index in [9.17, 15) is 18.0 Å². The predicted molar refractivity (Wildman–Crippen MR) is 68.7 cm³/mol. The van der Waals surface area contributed by atoms with Crippen LogP contribution in [0.25, 0.3) is 0 Å². The van der Waals surface area contributed by atoms with E-state index in [-0.39, 0.29) is 24.4 Å². The zero-order valence-electron chi connectivity index (χ0n) is 11.2. The molecular weight excluding hydrogens is 269 g/mol. The van der Waals surface area contributed by atoms with Gasteiger partial charge in [-0.25, -0.2) is 5.01 Å². The number of halogens is 3. The molecule has 1 heterocycles. The van der Waals surface area contributed by atoms with E-state index in [1.807, 2.05) is 6.92 Å². The summed E-state index contributed by atoms with van der Waals surface area (Å²) in [7, 11) is 0. The largest absolute Gasteiger partial charge is 0.409 e. The van der Waals surface area contributed by atoms with Crippen LogP contribution in [0, 0.1) is 0 Å². The minimum atomic E-state index is -4.43. The van der Waals surface area contributed by atoms with Crippen molar-refractivity contribution in [1.82, 2.24) is 10.4 Å². The number of carbonyl (C=O) groups excluding carboxylic acids is 1. The molecule has 1 atom stereocenters. The Morgan fingerprint density at radius 2 is 2.05 bits per heavy atom. The summed E-state index contributed by atoms with van der Waals surface area (Å²) in [5.41, 5.74) is 3.21. The zero-order valence-corrected chi connectivity index (χ0v) is 11.2. The molecule has 0 saturated carbocycles. The van der Waals surface area contributed by atoms with E-state index in [1.165, 1.54) is 6.07 Å². The fraction of sp³-hybridized carbons (Fsp3) is 0.500. The zero-order chi connectivity index (χ0) is 14.8. The van der Waals surface area contributed by atoms with E-state index in [0.717, 1.165) is 11.4 Å². The number of carbonyl (C=O) groups is 1. The van der Waals surface area contributed by atoms with Gasteiger partial charge in [0.05, 0.1) is 0 Å². The van der Waals surface area contributed by atoms with Crippen LogP contribution in [0.15, 0.2) is 24.3 Å². The van der Waals surface area contributed by atoms with E-state index in [4.69, 9.17) is 0 Å². The smallest absolute Gasteiger partial charge is 0.288 e. The number of alkyl halides is 3. The third kappa shape index (κ3) is 3.12. The maximum atomic E-state index is 13.4. The van der Waals surface area contributed by atoms with Crippen molar-refractivity contribution < 1.29 is 18.0 Å². The first-order chi connectivity index (χ1) is 9.43. The maximum absolute atomic E-state index is 13.4. The van der Waals surface area contributed by atoms with Gasteiger partial charge in [0.25, 0.3) is 0 Å².